The van der Waals surface area contributed by atoms with Crippen LogP contribution in [-0.2, 0) is 6.54 Å². The summed E-state index contributed by atoms with van der Waals surface area (Å²) >= 11 is 0. The number of rotatable bonds is 5. The monoisotopic (exact) mass is 311 g/mol. The number of nitrogens with one attached hydrogen (secondary N) is 1. The molecule has 0 spiro atoms. The molecular formula is C15H17N7O. The summed E-state index contributed by atoms with van der Waals surface area (Å²) in [6, 6.07) is 3.38. The molecular weight excluding hydrogens is 294 g/mol. The summed E-state index contributed by atoms with van der Waals surface area (Å²) in [5, 5.41) is 10.4. The number of carbonyl (C=O) groups is 1. The lowest BCUT2D eigenvalue weighted by molar-refractivity contribution is 0.0952. The zero-order chi connectivity index (χ0) is 16.2. The van der Waals surface area contributed by atoms with E-state index in [0.717, 1.165) is 11.4 Å². The summed E-state index contributed by atoms with van der Waals surface area (Å²) in [6.07, 6.45) is 6.45. The Hall–Kier alpha value is -3.03. The summed E-state index contributed by atoms with van der Waals surface area (Å²) in [4.78, 5) is 20.7. The molecule has 0 aliphatic heterocycles. The molecule has 0 atom stereocenters. The van der Waals surface area contributed by atoms with Gasteiger partial charge in [-0.1, -0.05) is 0 Å². The Balaban J connectivity index is 1.62. The van der Waals surface area contributed by atoms with Gasteiger partial charge in [0.15, 0.2) is 0 Å². The fourth-order valence-corrected chi connectivity index (χ4v) is 2.18. The molecule has 1 N–H and O–H groups in total. The second kappa shape index (κ2) is 6.39. The number of nitrogens with zero attached hydrogens (tertiary/aromatic N) is 6. The zero-order valence-electron chi connectivity index (χ0n) is 13.0. The van der Waals surface area contributed by atoms with E-state index in [1.54, 1.807) is 29.2 Å². The molecule has 3 aromatic heterocycles. The van der Waals surface area contributed by atoms with Gasteiger partial charge in [0.05, 0.1) is 12.0 Å². The van der Waals surface area contributed by atoms with Gasteiger partial charge in [-0.25, -0.2) is 9.97 Å². The van der Waals surface area contributed by atoms with Crippen LogP contribution in [0.3, 0.4) is 0 Å². The van der Waals surface area contributed by atoms with Gasteiger partial charge in [-0.15, -0.1) is 10.2 Å². The second-order valence-electron chi connectivity index (χ2n) is 5.14. The smallest absolute Gasteiger partial charge is 0.251 e. The van der Waals surface area contributed by atoms with Crippen LogP contribution in [0.1, 0.15) is 21.7 Å². The van der Waals surface area contributed by atoms with E-state index in [2.05, 4.69) is 25.5 Å². The molecule has 0 saturated heterocycles. The molecule has 8 heteroatoms. The number of amides is 1. The van der Waals surface area contributed by atoms with Crippen LogP contribution in [0.25, 0.3) is 5.82 Å². The first-order valence-electron chi connectivity index (χ1n) is 7.23. The van der Waals surface area contributed by atoms with Gasteiger partial charge in [-0.05, 0) is 26.0 Å². The lowest BCUT2D eigenvalue weighted by Crippen LogP contribution is -2.27. The molecule has 0 aliphatic rings. The summed E-state index contributed by atoms with van der Waals surface area (Å²) in [5.41, 5.74) is 2.66. The van der Waals surface area contributed by atoms with E-state index in [4.69, 9.17) is 0 Å². The van der Waals surface area contributed by atoms with Gasteiger partial charge in [0.1, 0.15) is 18.5 Å². The van der Waals surface area contributed by atoms with Crippen LogP contribution in [0, 0.1) is 13.8 Å². The SMILES string of the molecule is Cc1ncn(CCNC(=O)c2ccnc(-n3cnnc3)c2)c1C. The van der Waals surface area contributed by atoms with Crippen LogP contribution in [0.15, 0.2) is 37.3 Å². The first-order chi connectivity index (χ1) is 11.1. The number of pyridine rings is 1. The van der Waals surface area contributed by atoms with Gasteiger partial charge >= 0.3 is 0 Å². The molecule has 3 rings (SSSR count). The van der Waals surface area contributed by atoms with Crippen molar-refractivity contribution >= 4 is 5.91 Å². The Morgan fingerprint density at radius 1 is 1.17 bits per heavy atom. The minimum atomic E-state index is -0.142. The fourth-order valence-electron chi connectivity index (χ4n) is 2.18. The van der Waals surface area contributed by atoms with Gasteiger partial charge in [0, 0.05) is 30.5 Å². The van der Waals surface area contributed by atoms with Crippen molar-refractivity contribution in [2.24, 2.45) is 0 Å². The van der Waals surface area contributed by atoms with E-state index in [1.807, 2.05) is 18.4 Å². The Labute approximate surface area is 133 Å². The highest BCUT2D eigenvalue weighted by Gasteiger charge is 2.08. The molecule has 0 fully saturated rings. The van der Waals surface area contributed by atoms with Crippen LogP contribution in [0.5, 0.6) is 0 Å². The number of hydrogen-bond acceptors (Lipinski definition) is 5. The third-order valence-electron chi connectivity index (χ3n) is 3.67. The van der Waals surface area contributed by atoms with Gasteiger partial charge in [-0.3, -0.25) is 9.36 Å². The predicted octanol–water partition coefficient (Wildman–Crippen LogP) is 0.906. The van der Waals surface area contributed by atoms with Crippen LogP contribution in [-0.4, -0.2) is 41.8 Å². The van der Waals surface area contributed by atoms with E-state index in [-0.39, 0.29) is 5.91 Å². The van der Waals surface area contributed by atoms with Crippen molar-refractivity contribution in [2.45, 2.75) is 20.4 Å². The van der Waals surface area contributed by atoms with Crippen molar-refractivity contribution in [3.05, 3.63) is 54.3 Å². The van der Waals surface area contributed by atoms with E-state index < -0.39 is 0 Å². The Morgan fingerprint density at radius 3 is 2.65 bits per heavy atom. The molecule has 23 heavy (non-hydrogen) atoms. The predicted molar refractivity (Wildman–Crippen MR) is 83.2 cm³/mol. The topological polar surface area (TPSA) is 90.5 Å². The van der Waals surface area contributed by atoms with Gasteiger partial charge in [0.25, 0.3) is 5.91 Å². The number of aromatic nitrogens is 6. The minimum absolute atomic E-state index is 0.142. The number of aryl methyl sites for hydroxylation is 1. The number of hydrogen-bond donors (Lipinski definition) is 1. The molecule has 0 saturated carbocycles. The van der Waals surface area contributed by atoms with Crippen molar-refractivity contribution in [3.63, 3.8) is 0 Å². The Bertz CT molecular complexity index is 807. The van der Waals surface area contributed by atoms with Crippen LogP contribution in [0.4, 0.5) is 0 Å². The average Bonchev–Trinajstić information content (AvgIpc) is 3.20. The molecule has 3 aromatic rings. The largest absolute Gasteiger partial charge is 0.350 e. The highest BCUT2D eigenvalue weighted by molar-refractivity contribution is 5.94. The second-order valence-corrected chi connectivity index (χ2v) is 5.14. The van der Waals surface area contributed by atoms with Crippen LogP contribution < -0.4 is 5.32 Å². The van der Waals surface area contributed by atoms with Crippen molar-refractivity contribution in [1.29, 1.82) is 0 Å². The number of imidazole rings is 1. The molecule has 0 radical (unpaired) electrons. The van der Waals surface area contributed by atoms with Crippen molar-refractivity contribution in [1.82, 2.24) is 34.6 Å². The quantitative estimate of drug-likeness (QED) is 0.756. The minimum Gasteiger partial charge on any atom is -0.350 e. The van der Waals surface area contributed by atoms with Crippen LogP contribution >= 0.6 is 0 Å². The first-order valence-corrected chi connectivity index (χ1v) is 7.23. The highest BCUT2D eigenvalue weighted by atomic mass is 16.1. The maximum Gasteiger partial charge on any atom is 0.251 e. The molecule has 0 aliphatic carbocycles. The normalized spacial score (nSPS) is 10.7. The lowest BCUT2D eigenvalue weighted by Gasteiger charge is -2.08. The van der Waals surface area contributed by atoms with Crippen molar-refractivity contribution in [2.75, 3.05) is 6.54 Å². The maximum absolute atomic E-state index is 12.2. The fraction of sp³-hybridized carbons (Fsp3) is 0.267. The summed E-state index contributed by atoms with van der Waals surface area (Å²) in [7, 11) is 0. The van der Waals surface area contributed by atoms with E-state index in [9.17, 15) is 4.79 Å². The van der Waals surface area contributed by atoms with Gasteiger partial charge < -0.3 is 9.88 Å². The maximum atomic E-state index is 12.2. The summed E-state index contributed by atoms with van der Waals surface area (Å²) in [5.74, 6) is 0.458. The van der Waals surface area contributed by atoms with E-state index >= 15 is 0 Å². The average molecular weight is 311 g/mol. The molecule has 3 heterocycles. The highest BCUT2D eigenvalue weighted by Crippen LogP contribution is 2.07. The lowest BCUT2D eigenvalue weighted by atomic mass is 10.2. The summed E-state index contributed by atoms with van der Waals surface area (Å²) < 4.78 is 3.67. The third kappa shape index (κ3) is 3.25. The number of carbonyl (C=O) groups excluding carboxylic acids is 1. The zero-order valence-corrected chi connectivity index (χ0v) is 13.0. The van der Waals surface area contributed by atoms with Gasteiger partial charge in [0.2, 0.25) is 0 Å². The molecule has 1 amide bonds. The first kappa shape index (κ1) is 14.9. The Morgan fingerprint density at radius 2 is 1.96 bits per heavy atom. The summed E-state index contributed by atoms with van der Waals surface area (Å²) in [6.45, 7) is 5.19. The van der Waals surface area contributed by atoms with Crippen LogP contribution in [0.2, 0.25) is 0 Å². The van der Waals surface area contributed by atoms with E-state index in [1.165, 1.54) is 12.7 Å². The van der Waals surface area contributed by atoms with Crippen molar-refractivity contribution in [3.8, 4) is 5.82 Å². The molecule has 8 nitrogen and oxygen atoms in total. The third-order valence-corrected chi connectivity index (χ3v) is 3.67. The molecule has 118 valence electrons. The molecule has 0 aromatic carbocycles. The van der Waals surface area contributed by atoms with E-state index in [0.29, 0.717) is 24.5 Å². The molecule has 0 bridgehead atoms. The molecule has 0 unspecified atom stereocenters. The standard InChI is InChI=1S/C15H17N7O/c1-11-12(2)21(8-18-11)6-5-17-15(23)13-3-4-16-14(7-13)22-9-19-20-10-22/h3-4,7-10H,5-6H2,1-2H3,(H,17,23). The Kier molecular flexibility index (Phi) is 4.13. The van der Waals surface area contributed by atoms with Crippen molar-refractivity contribution < 1.29 is 4.79 Å². The van der Waals surface area contributed by atoms with Gasteiger partial charge in [-0.2, -0.15) is 0 Å².